The molecule has 4 heterocycles. The molecule has 0 radical (unpaired) electrons. The number of ether oxygens (including phenoxy) is 1. The fourth-order valence-electron chi connectivity index (χ4n) is 4.07. The van der Waals surface area contributed by atoms with Crippen LogP contribution < -0.4 is 0 Å². The number of aromatic nitrogens is 1. The van der Waals surface area contributed by atoms with Crippen molar-refractivity contribution in [3.8, 4) is 0 Å². The molecule has 0 aliphatic carbocycles. The molecule has 3 fully saturated rings. The van der Waals surface area contributed by atoms with Gasteiger partial charge >= 0.3 is 6.18 Å². The highest BCUT2D eigenvalue weighted by Gasteiger charge is 2.56. The first kappa shape index (κ1) is 18.1. The average molecular weight is 391 g/mol. The second kappa shape index (κ2) is 5.88. The Balaban J connectivity index is 1.43. The Kier molecular flexibility index (Phi) is 4.11. The van der Waals surface area contributed by atoms with Gasteiger partial charge in [-0.1, -0.05) is 0 Å². The first-order valence-corrected chi connectivity index (χ1v) is 9.92. The highest BCUT2D eigenvalue weighted by atomic mass is 32.2. The van der Waals surface area contributed by atoms with Crippen LogP contribution in [0.3, 0.4) is 0 Å². The zero-order valence-electron chi connectivity index (χ0n) is 14.3. The monoisotopic (exact) mass is 391 g/mol. The van der Waals surface area contributed by atoms with Gasteiger partial charge in [-0.2, -0.15) is 17.5 Å². The molecule has 3 saturated heterocycles. The second-order valence-electron chi connectivity index (χ2n) is 7.47. The van der Waals surface area contributed by atoms with Gasteiger partial charge in [-0.05, 0) is 25.5 Å². The van der Waals surface area contributed by atoms with Crippen LogP contribution >= 0.6 is 0 Å². The number of aryl methyl sites for hydroxylation is 1. The zero-order valence-corrected chi connectivity index (χ0v) is 15.1. The SMILES string of the molecule is Cc1nc(C(F)(F)F)ccc1S(=O)(=O)N1CC2(CN(C3CCOC3)C2)C1. The molecule has 1 aromatic rings. The van der Waals surface area contributed by atoms with Crippen molar-refractivity contribution >= 4 is 10.0 Å². The van der Waals surface area contributed by atoms with Crippen LogP contribution in [-0.2, 0) is 20.9 Å². The Morgan fingerprint density at radius 1 is 1.23 bits per heavy atom. The lowest BCUT2D eigenvalue weighted by molar-refractivity contribution is -0.141. The van der Waals surface area contributed by atoms with Crippen molar-refractivity contribution in [2.45, 2.75) is 30.5 Å². The van der Waals surface area contributed by atoms with Crippen LogP contribution in [0.5, 0.6) is 0 Å². The third-order valence-electron chi connectivity index (χ3n) is 5.47. The molecule has 0 bridgehead atoms. The molecule has 144 valence electrons. The van der Waals surface area contributed by atoms with Gasteiger partial charge in [-0.15, -0.1) is 0 Å². The van der Waals surface area contributed by atoms with E-state index in [4.69, 9.17) is 4.74 Å². The molecule has 3 aliphatic rings. The molecule has 4 rings (SSSR count). The van der Waals surface area contributed by atoms with Crippen molar-refractivity contribution in [3.63, 3.8) is 0 Å². The summed E-state index contributed by atoms with van der Waals surface area (Å²) in [5, 5.41) is 0. The van der Waals surface area contributed by atoms with Crippen LogP contribution in [-0.4, -0.2) is 68.0 Å². The third kappa shape index (κ3) is 2.92. The van der Waals surface area contributed by atoms with E-state index in [2.05, 4.69) is 9.88 Å². The minimum Gasteiger partial charge on any atom is -0.380 e. The summed E-state index contributed by atoms with van der Waals surface area (Å²) < 4.78 is 70.3. The minimum absolute atomic E-state index is 0.0249. The summed E-state index contributed by atoms with van der Waals surface area (Å²) in [6.07, 6.45) is -3.58. The van der Waals surface area contributed by atoms with E-state index >= 15 is 0 Å². The lowest BCUT2D eigenvalue weighted by atomic mass is 9.73. The second-order valence-corrected chi connectivity index (χ2v) is 9.38. The Bertz CT molecular complexity index is 808. The van der Waals surface area contributed by atoms with Gasteiger partial charge in [0.25, 0.3) is 0 Å². The maximum atomic E-state index is 12.7. The third-order valence-corrected chi connectivity index (χ3v) is 7.39. The van der Waals surface area contributed by atoms with Gasteiger partial charge in [0, 0.05) is 44.2 Å². The molecule has 1 spiro atoms. The summed E-state index contributed by atoms with van der Waals surface area (Å²) in [4.78, 5) is 5.60. The normalized spacial score (nSPS) is 26.7. The van der Waals surface area contributed by atoms with Crippen LogP contribution in [0, 0.1) is 12.3 Å². The molecular formula is C16H20F3N3O3S. The number of alkyl halides is 3. The smallest absolute Gasteiger partial charge is 0.380 e. The highest BCUT2D eigenvalue weighted by molar-refractivity contribution is 7.89. The summed E-state index contributed by atoms with van der Waals surface area (Å²) in [5.74, 6) is 0. The van der Waals surface area contributed by atoms with E-state index in [1.807, 2.05) is 0 Å². The van der Waals surface area contributed by atoms with Gasteiger partial charge < -0.3 is 4.74 Å². The number of hydrogen-bond donors (Lipinski definition) is 0. The molecule has 26 heavy (non-hydrogen) atoms. The van der Waals surface area contributed by atoms with E-state index in [0.717, 1.165) is 44.9 Å². The molecule has 6 nitrogen and oxygen atoms in total. The van der Waals surface area contributed by atoms with Crippen LogP contribution in [0.15, 0.2) is 17.0 Å². The lowest BCUT2D eigenvalue weighted by Gasteiger charge is -2.60. The number of likely N-dealkylation sites (tertiary alicyclic amines) is 1. The number of rotatable bonds is 3. The Labute approximate surface area is 150 Å². The van der Waals surface area contributed by atoms with Crippen molar-refractivity contribution in [1.82, 2.24) is 14.2 Å². The summed E-state index contributed by atoms with van der Waals surface area (Å²) in [5.41, 5.74) is -1.23. The maximum Gasteiger partial charge on any atom is 0.433 e. The average Bonchev–Trinajstić information content (AvgIpc) is 2.96. The zero-order chi connectivity index (χ0) is 18.7. The molecular weight excluding hydrogens is 371 g/mol. The van der Waals surface area contributed by atoms with Crippen molar-refractivity contribution in [2.24, 2.45) is 5.41 Å². The largest absolute Gasteiger partial charge is 0.433 e. The highest BCUT2D eigenvalue weighted by Crippen LogP contribution is 2.44. The Hall–Kier alpha value is -1.23. The van der Waals surface area contributed by atoms with Crippen LogP contribution in [0.25, 0.3) is 0 Å². The van der Waals surface area contributed by atoms with Crippen molar-refractivity contribution in [2.75, 3.05) is 39.4 Å². The van der Waals surface area contributed by atoms with E-state index in [0.29, 0.717) is 19.1 Å². The van der Waals surface area contributed by atoms with E-state index in [1.54, 1.807) is 0 Å². The summed E-state index contributed by atoms with van der Waals surface area (Å²) >= 11 is 0. The van der Waals surface area contributed by atoms with Gasteiger partial charge in [-0.25, -0.2) is 13.4 Å². The van der Waals surface area contributed by atoms with E-state index < -0.39 is 21.9 Å². The summed E-state index contributed by atoms with van der Waals surface area (Å²) in [7, 11) is -3.82. The van der Waals surface area contributed by atoms with Gasteiger partial charge in [0.2, 0.25) is 10.0 Å². The van der Waals surface area contributed by atoms with Gasteiger partial charge in [-0.3, -0.25) is 4.90 Å². The van der Waals surface area contributed by atoms with Crippen molar-refractivity contribution < 1.29 is 26.3 Å². The fraction of sp³-hybridized carbons (Fsp3) is 0.688. The molecule has 0 N–H and O–H groups in total. The number of hydrogen-bond acceptors (Lipinski definition) is 5. The molecule has 1 unspecified atom stereocenters. The first-order chi connectivity index (χ1) is 12.1. The van der Waals surface area contributed by atoms with Gasteiger partial charge in [0.05, 0.1) is 12.3 Å². The minimum atomic E-state index is -4.59. The number of pyridine rings is 1. The van der Waals surface area contributed by atoms with Crippen LogP contribution in [0.1, 0.15) is 17.8 Å². The van der Waals surface area contributed by atoms with Crippen molar-refractivity contribution in [1.29, 1.82) is 0 Å². The van der Waals surface area contributed by atoms with Gasteiger partial charge in [0.1, 0.15) is 10.6 Å². The quantitative estimate of drug-likeness (QED) is 0.782. The Morgan fingerprint density at radius 3 is 2.46 bits per heavy atom. The first-order valence-electron chi connectivity index (χ1n) is 8.48. The predicted octanol–water partition coefficient (Wildman–Crippen LogP) is 1.50. The molecule has 3 aliphatic heterocycles. The number of halogens is 3. The Morgan fingerprint density at radius 2 is 1.92 bits per heavy atom. The van der Waals surface area contributed by atoms with Crippen LogP contribution in [0.2, 0.25) is 0 Å². The number of nitrogens with zero attached hydrogens (tertiary/aromatic N) is 3. The summed E-state index contributed by atoms with van der Waals surface area (Å²) in [6.45, 7) is 5.29. The van der Waals surface area contributed by atoms with Crippen molar-refractivity contribution in [3.05, 3.63) is 23.5 Å². The number of sulfonamides is 1. The molecule has 1 atom stereocenters. The fourth-order valence-corrected chi connectivity index (χ4v) is 5.90. The maximum absolute atomic E-state index is 12.7. The molecule has 10 heteroatoms. The molecule has 0 aromatic carbocycles. The molecule has 0 saturated carbocycles. The standard InChI is InChI=1S/C16H20F3N3O3S/c1-11-13(2-3-14(20-11)16(17,18)19)26(23,24)22-9-15(10-22)7-21(8-15)12-4-5-25-6-12/h2-3,12H,4-10H2,1H3. The molecule has 1 aromatic heterocycles. The lowest BCUT2D eigenvalue weighted by Crippen LogP contribution is -2.74. The van der Waals surface area contributed by atoms with E-state index in [9.17, 15) is 21.6 Å². The van der Waals surface area contributed by atoms with Crippen LogP contribution in [0.4, 0.5) is 13.2 Å². The van der Waals surface area contributed by atoms with Gasteiger partial charge in [0.15, 0.2) is 0 Å². The summed E-state index contributed by atoms with van der Waals surface area (Å²) in [6, 6.07) is 2.15. The van der Waals surface area contributed by atoms with E-state index in [-0.39, 0.29) is 16.0 Å². The molecule has 0 amide bonds. The van der Waals surface area contributed by atoms with E-state index in [1.165, 1.54) is 11.2 Å². The predicted molar refractivity (Wildman–Crippen MR) is 86.0 cm³/mol. The topological polar surface area (TPSA) is 62.7 Å².